The van der Waals surface area contributed by atoms with Crippen molar-refractivity contribution in [2.45, 2.75) is 0 Å². The number of benzene rings is 2. The van der Waals surface area contributed by atoms with Crippen molar-refractivity contribution in [1.82, 2.24) is 15.2 Å². The highest BCUT2D eigenvalue weighted by atomic mass is 35.5. The topological polar surface area (TPSA) is 47.9 Å². The molecule has 0 aliphatic carbocycles. The standard InChI is InChI=1S/C22H12ClF4N3O/c1-31-13-6-11(9-28-10-13)18-20(19-16(26)7-12(24)8-17(19)27)22(23)30-29-21(18)14-4-2-3-5-15(14)25/h2-10H,1H3. The summed E-state index contributed by atoms with van der Waals surface area (Å²) in [5.74, 6) is -3.82. The first kappa shape index (κ1) is 20.7. The van der Waals surface area contributed by atoms with Crippen LogP contribution >= 0.6 is 11.6 Å². The Morgan fingerprint density at radius 2 is 1.52 bits per heavy atom. The summed E-state index contributed by atoms with van der Waals surface area (Å²) < 4.78 is 62.8. The highest BCUT2D eigenvalue weighted by molar-refractivity contribution is 6.33. The summed E-state index contributed by atoms with van der Waals surface area (Å²) in [5.41, 5.74) is -0.519. The lowest BCUT2D eigenvalue weighted by molar-refractivity contribution is 0.413. The molecule has 2 heterocycles. The molecular weight excluding hydrogens is 434 g/mol. The highest BCUT2D eigenvalue weighted by Crippen LogP contribution is 2.44. The fraction of sp³-hybridized carbons (Fsp3) is 0.0455. The second-order valence-electron chi connectivity index (χ2n) is 6.43. The molecule has 0 unspecified atom stereocenters. The number of methoxy groups -OCH3 is 1. The molecule has 2 aromatic carbocycles. The van der Waals surface area contributed by atoms with E-state index in [2.05, 4.69) is 15.2 Å². The molecule has 4 nitrogen and oxygen atoms in total. The summed E-state index contributed by atoms with van der Waals surface area (Å²) in [5, 5.41) is 7.41. The molecule has 0 aliphatic rings. The normalized spacial score (nSPS) is 10.9. The Labute approximate surface area is 179 Å². The van der Waals surface area contributed by atoms with Crippen molar-refractivity contribution in [2.24, 2.45) is 0 Å². The zero-order valence-corrected chi connectivity index (χ0v) is 16.6. The van der Waals surface area contributed by atoms with Crippen molar-refractivity contribution in [3.63, 3.8) is 0 Å². The quantitative estimate of drug-likeness (QED) is 0.357. The fourth-order valence-electron chi connectivity index (χ4n) is 3.21. The molecule has 0 saturated heterocycles. The van der Waals surface area contributed by atoms with Crippen molar-refractivity contribution >= 4 is 11.6 Å². The van der Waals surface area contributed by atoms with Crippen molar-refractivity contribution < 1.29 is 22.3 Å². The number of ether oxygens (including phenoxy) is 1. The third-order valence-corrected chi connectivity index (χ3v) is 4.82. The van der Waals surface area contributed by atoms with E-state index in [1.54, 1.807) is 6.07 Å². The monoisotopic (exact) mass is 445 g/mol. The minimum atomic E-state index is -1.20. The number of hydrogen-bond donors (Lipinski definition) is 0. The van der Waals surface area contributed by atoms with E-state index >= 15 is 0 Å². The van der Waals surface area contributed by atoms with E-state index in [1.165, 1.54) is 43.8 Å². The molecule has 0 amide bonds. The van der Waals surface area contributed by atoms with Gasteiger partial charge in [0.05, 0.1) is 18.9 Å². The lowest BCUT2D eigenvalue weighted by Gasteiger charge is -2.17. The van der Waals surface area contributed by atoms with Gasteiger partial charge < -0.3 is 4.74 Å². The third kappa shape index (κ3) is 3.82. The van der Waals surface area contributed by atoms with Gasteiger partial charge in [0.25, 0.3) is 0 Å². The predicted molar refractivity (Wildman–Crippen MR) is 108 cm³/mol. The first-order chi connectivity index (χ1) is 14.9. The molecular formula is C22H12ClF4N3O. The zero-order valence-electron chi connectivity index (χ0n) is 15.8. The maximum Gasteiger partial charge on any atom is 0.160 e. The van der Waals surface area contributed by atoms with Gasteiger partial charge in [-0.2, -0.15) is 0 Å². The Bertz CT molecular complexity index is 1280. The predicted octanol–water partition coefficient (Wildman–Crippen LogP) is 6.09. The number of pyridine rings is 1. The average Bonchev–Trinajstić information content (AvgIpc) is 2.74. The summed E-state index contributed by atoms with van der Waals surface area (Å²) in [4.78, 5) is 4.05. The summed E-state index contributed by atoms with van der Waals surface area (Å²) in [6.07, 6.45) is 2.80. The minimum absolute atomic E-state index is 0.0219. The molecule has 0 N–H and O–H groups in total. The fourth-order valence-corrected chi connectivity index (χ4v) is 3.44. The van der Waals surface area contributed by atoms with Crippen LogP contribution in [0.4, 0.5) is 17.6 Å². The maximum atomic E-state index is 14.7. The van der Waals surface area contributed by atoms with E-state index in [-0.39, 0.29) is 33.1 Å². The van der Waals surface area contributed by atoms with Gasteiger partial charge in [0, 0.05) is 40.6 Å². The number of halogens is 5. The summed E-state index contributed by atoms with van der Waals surface area (Å²) in [6.45, 7) is 0. The van der Waals surface area contributed by atoms with Gasteiger partial charge in [-0.3, -0.25) is 4.98 Å². The molecule has 0 spiro atoms. The molecule has 0 radical (unpaired) electrons. The lowest BCUT2D eigenvalue weighted by atomic mass is 9.92. The molecule has 0 aliphatic heterocycles. The smallest absolute Gasteiger partial charge is 0.160 e. The van der Waals surface area contributed by atoms with Crippen LogP contribution in [-0.4, -0.2) is 22.3 Å². The van der Waals surface area contributed by atoms with Gasteiger partial charge in [-0.05, 0) is 18.2 Å². The summed E-state index contributed by atoms with van der Waals surface area (Å²) in [6, 6.07) is 8.25. The summed E-state index contributed by atoms with van der Waals surface area (Å²) in [7, 11) is 1.41. The Kier molecular flexibility index (Phi) is 5.56. The van der Waals surface area contributed by atoms with Gasteiger partial charge in [0.2, 0.25) is 0 Å². The second-order valence-corrected chi connectivity index (χ2v) is 6.79. The Morgan fingerprint density at radius 1 is 0.806 bits per heavy atom. The Hall–Kier alpha value is -3.52. The van der Waals surface area contributed by atoms with Crippen molar-refractivity contribution in [3.8, 4) is 39.3 Å². The third-order valence-electron chi connectivity index (χ3n) is 4.55. The van der Waals surface area contributed by atoms with Crippen molar-refractivity contribution in [1.29, 1.82) is 0 Å². The summed E-state index contributed by atoms with van der Waals surface area (Å²) >= 11 is 6.22. The van der Waals surface area contributed by atoms with Crippen molar-refractivity contribution in [2.75, 3.05) is 7.11 Å². The Morgan fingerprint density at radius 3 is 2.19 bits per heavy atom. The number of rotatable bonds is 4. The number of aromatic nitrogens is 3. The first-order valence-electron chi connectivity index (χ1n) is 8.86. The lowest BCUT2D eigenvalue weighted by Crippen LogP contribution is -2.03. The number of hydrogen-bond acceptors (Lipinski definition) is 4. The van der Waals surface area contributed by atoms with Crippen LogP contribution in [0, 0.1) is 23.3 Å². The molecule has 4 rings (SSSR count). The van der Waals surface area contributed by atoms with E-state index in [4.69, 9.17) is 16.3 Å². The Balaban J connectivity index is 2.15. The SMILES string of the molecule is COc1cncc(-c2c(-c3ccccc3F)nnc(Cl)c2-c2c(F)cc(F)cc2F)c1. The van der Waals surface area contributed by atoms with E-state index in [1.807, 2.05) is 0 Å². The molecule has 0 atom stereocenters. The van der Waals surface area contributed by atoms with Crippen LogP contribution in [-0.2, 0) is 0 Å². The van der Waals surface area contributed by atoms with Gasteiger partial charge in [-0.15, -0.1) is 10.2 Å². The van der Waals surface area contributed by atoms with E-state index < -0.39 is 28.8 Å². The molecule has 0 saturated carbocycles. The van der Waals surface area contributed by atoms with Gasteiger partial charge in [0.15, 0.2) is 5.15 Å². The van der Waals surface area contributed by atoms with E-state index in [0.29, 0.717) is 17.9 Å². The number of nitrogens with zero attached hydrogens (tertiary/aromatic N) is 3. The van der Waals surface area contributed by atoms with Crippen LogP contribution < -0.4 is 4.74 Å². The molecule has 31 heavy (non-hydrogen) atoms. The van der Waals surface area contributed by atoms with Crippen LogP contribution in [0.2, 0.25) is 5.15 Å². The van der Waals surface area contributed by atoms with Gasteiger partial charge >= 0.3 is 0 Å². The first-order valence-corrected chi connectivity index (χ1v) is 9.24. The van der Waals surface area contributed by atoms with Crippen molar-refractivity contribution in [3.05, 3.63) is 83.3 Å². The molecule has 0 bridgehead atoms. The van der Waals surface area contributed by atoms with Crippen LogP contribution in [0.3, 0.4) is 0 Å². The van der Waals surface area contributed by atoms with E-state index in [9.17, 15) is 17.6 Å². The van der Waals surface area contributed by atoms with Crippen LogP contribution in [0.5, 0.6) is 5.75 Å². The van der Waals surface area contributed by atoms with Crippen LogP contribution in [0.25, 0.3) is 33.5 Å². The molecule has 4 aromatic rings. The zero-order chi connectivity index (χ0) is 22.1. The minimum Gasteiger partial charge on any atom is -0.495 e. The maximum absolute atomic E-state index is 14.7. The molecule has 9 heteroatoms. The second kappa shape index (κ2) is 8.31. The van der Waals surface area contributed by atoms with E-state index in [0.717, 1.165) is 0 Å². The molecule has 0 fully saturated rings. The average molecular weight is 446 g/mol. The molecule has 156 valence electrons. The molecule has 2 aromatic heterocycles. The highest BCUT2D eigenvalue weighted by Gasteiger charge is 2.26. The van der Waals surface area contributed by atoms with Crippen LogP contribution in [0.15, 0.2) is 54.9 Å². The van der Waals surface area contributed by atoms with Gasteiger partial charge in [0.1, 0.15) is 34.7 Å². The largest absolute Gasteiger partial charge is 0.495 e. The van der Waals surface area contributed by atoms with Gasteiger partial charge in [-0.25, -0.2) is 17.6 Å². The van der Waals surface area contributed by atoms with Gasteiger partial charge in [-0.1, -0.05) is 23.7 Å². The van der Waals surface area contributed by atoms with Crippen LogP contribution in [0.1, 0.15) is 0 Å².